The van der Waals surface area contributed by atoms with Gasteiger partial charge in [-0.25, -0.2) is 4.98 Å². The molecule has 0 bridgehead atoms. The zero-order chi connectivity index (χ0) is 19.1. The third-order valence-electron chi connectivity index (χ3n) is 4.33. The number of halogens is 2. The summed E-state index contributed by atoms with van der Waals surface area (Å²) in [6, 6.07) is 7.79. The maximum absolute atomic E-state index is 10.6. The van der Waals surface area contributed by atoms with Gasteiger partial charge in [-0.15, -0.1) is 12.4 Å². The molecule has 0 aliphatic carbocycles. The summed E-state index contributed by atoms with van der Waals surface area (Å²) in [4.78, 5) is 19.2. The highest BCUT2D eigenvalue weighted by molar-refractivity contribution is 6.32. The first-order valence-corrected chi connectivity index (χ1v) is 9.44. The molecule has 0 saturated carbocycles. The molecule has 0 radical (unpaired) electrons. The summed E-state index contributed by atoms with van der Waals surface area (Å²) in [5.41, 5.74) is 1.95. The summed E-state index contributed by atoms with van der Waals surface area (Å²) in [6.07, 6.45) is 5.43. The Morgan fingerprint density at radius 1 is 1.32 bits per heavy atom. The summed E-state index contributed by atoms with van der Waals surface area (Å²) in [5, 5.41) is 15.5. The van der Waals surface area contributed by atoms with Gasteiger partial charge in [0.25, 0.3) is 0 Å². The van der Waals surface area contributed by atoms with Gasteiger partial charge in [-0.2, -0.15) is 4.98 Å². The van der Waals surface area contributed by atoms with Crippen molar-refractivity contribution in [3.8, 4) is 0 Å². The Balaban J connectivity index is 0.00000280. The van der Waals surface area contributed by atoms with E-state index in [0.29, 0.717) is 29.8 Å². The van der Waals surface area contributed by atoms with E-state index in [4.69, 9.17) is 21.4 Å². The minimum atomic E-state index is -0.767. The van der Waals surface area contributed by atoms with Crippen molar-refractivity contribution in [1.29, 1.82) is 0 Å². The molecule has 3 N–H and O–H groups in total. The average molecular weight is 427 g/mol. The van der Waals surface area contributed by atoms with Gasteiger partial charge in [0.15, 0.2) is 5.82 Å². The van der Waals surface area contributed by atoms with E-state index in [9.17, 15) is 4.79 Å². The highest BCUT2D eigenvalue weighted by Gasteiger charge is 2.16. The van der Waals surface area contributed by atoms with Gasteiger partial charge in [0, 0.05) is 25.3 Å². The molecule has 9 heteroatoms. The molecule has 7 nitrogen and oxygen atoms in total. The summed E-state index contributed by atoms with van der Waals surface area (Å²) < 4.78 is 5.60. The Kier molecular flexibility index (Phi) is 8.76. The number of carboxylic acid groups (broad SMARTS) is 1. The van der Waals surface area contributed by atoms with Gasteiger partial charge >= 0.3 is 5.97 Å². The molecule has 1 fully saturated rings. The van der Waals surface area contributed by atoms with E-state index in [2.05, 4.69) is 20.6 Å². The summed E-state index contributed by atoms with van der Waals surface area (Å²) in [5.74, 6) is 0.264. The maximum Gasteiger partial charge on any atom is 0.303 e. The molecular weight excluding hydrogens is 403 g/mol. The first kappa shape index (κ1) is 22.2. The third-order valence-corrected chi connectivity index (χ3v) is 4.61. The van der Waals surface area contributed by atoms with Crippen molar-refractivity contribution in [3.63, 3.8) is 0 Å². The zero-order valence-electron chi connectivity index (χ0n) is 15.4. The van der Waals surface area contributed by atoms with Crippen LogP contribution in [-0.2, 0) is 16.0 Å². The molecule has 2 aromatic rings. The minimum absolute atomic E-state index is 0. The number of anilines is 3. The van der Waals surface area contributed by atoms with Crippen molar-refractivity contribution in [3.05, 3.63) is 41.0 Å². The van der Waals surface area contributed by atoms with Gasteiger partial charge < -0.3 is 20.5 Å². The van der Waals surface area contributed by atoms with Gasteiger partial charge in [-0.1, -0.05) is 23.7 Å². The molecule has 3 rings (SSSR count). The first-order chi connectivity index (χ1) is 13.1. The van der Waals surface area contributed by atoms with Gasteiger partial charge in [0.1, 0.15) is 5.02 Å². The van der Waals surface area contributed by atoms with Crippen LogP contribution in [0, 0.1) is 0 Å². The predicted octanol–water partition coefficient (Wildman–Crippen LogP) is 4.29. The molecule has 0 spiro atoms. The largest absolute Gasteiger partial charge is 0.481 e. The van der Waals surface area contributed by atoms with Crippen molar-refractivity contribution in [2.45, 2.75) is 38.2 Å². The molecule has 2 heterocycles. The van der Waals surface area contributed by atoms with Crippen LogP contribution in [0.4, 0.5) is 17.5 Å². The van der Waals surface area contributed by atoms with Gasteiger partial charge in [-0.3, -0.25) is 4.79 Å². The lowest BCUT2D eigenvalue weighted by Gasteiger charge is -2.13. The number of nitrogens with zero attached hydrogens (tertiary/aromatic N) is 2. The number of hydrogen-bond acceptors (Lipinski definition) is 6. The van der Waals surface area contributed by atoms with Crippen molar-refractivity contribution in [1.82, 2.24) is 9.97 Å². The maximum atomic E-state index is 10.6. The van der Waals surface area contributed by atoms with Gasteiger partial charge in [0.2, 0.25) is 5.95 Å². The van der Waals surface area contributed by atoms with E-state index in [1.807, 2.05) is 24.3 Å². The fourth-order valence-electron chi connectivity index (χ4n) is 2.89. The summed E-state index contributed by atoms with van der Waals surface area (Å²) in [6.45, 7) is 1.48. The van der Waals surface area contributed by atoms with Crippen LogP contribution in [-0.4, -0.2) is 40.3 Å². The lowest BCUT2D eigenvalue weighted by Crippen LogP contribution is -2.19. The smallest absolute Gasteiger partial charge is 0.303 e. The van der Waals surface area contributed by atoms with E-state index in [-0.39, 0.29) is 24.9 Å². The summed E-state index contributed by atoms with van der Waals surface area (Å²) in [7, 11) is 0. The first-order valence-electron chi connectivity index (χ1n) is 9.06. The SMILES string of the molecule is Cl.O=C(O)CCCc1ccc(Nc2ncc(Cl)c(NCC3CCCO3)n2)cc1. The molecule has 0 amide bonds. The van der Waals surface area contributed by atoms with E-state index in [1.165, 1.54) is 0 Å². The lowest BCUT2D eigenvalue weighted by atomic mass is 10.1. The van der Waals surface area contributed by atoms with Crippen LogP contribution in [0.15, 0.2) is 30.5 Å². The van der Waals surface area contributed by atoms with Crippen LogP contribution in [0.2, 0.25) is 5.02 Å². The zero-order valence-corrected chi connectivity index (χ0v) is 16.9. The molecule has 152 valence electrons. The van der Waals surface area contributed by atoms with Crippen LogP contribution in [0.1, 0.15) is 31.2 Å². The molecular formula is C19H24Cl2N4O3. The van der Waals surface area contributed by atoms with Gasteiger partial charge in [-0.05, 0) is 43.4 Å². The number of aryl methyl sites for hydroxylation is 1. The van der Waals surface area contributed by atoms with E-state index in [1.54, 1.807) is 6.20 Å². The number of carboxylic acids is 1. The average Bonchev–Trinajstić information content (AvgIpc) is 3.17. The normalized spacial score (nSPS) is 15.7. The van der Waals surface area contributed by atoms with E-state index < -0.39 is 5.97 Å². The van der Waals surface area contributed by atoms with Gasteiger partial charge in [0.05, 0.1) is 12.3 Å². The van der Waals surface area contributed by atoms with Crippen LogP contribution in [0.5, 0.6) is 0 Å². The number of aliphatic carboxylic acids is 1. The summed E-state index contributed by atoms with van der Waals surface area (Å²) >= 11 is 6.18. The highest BCUT2D eigenvalue weighted by atomic mass is 35.5. The number of aromatic nitrogens is 2. The fraction of sp³-hybridized carbons (Fsp3) is 0.421. The molecule has 1 aliphatic rings. The van der Waals surface area contributed by atoms with E-state index >= 15 is 0 Å². The van der Waals surface area contributed by atoms with Crippen molar-refractivity contribution >= 4 is 47.4 Å². The number of carbonyl (C=O) groups is 1. The number of nitrogens with one attached hydrogen (secondary N) is 2. The molecule has 1 saturated heterocycles. The van der Waals surface area contributed by atoms with Crippen molar-refractivity contribution in [2.75, 3.05) is 23.8 Å². The Bertz CT molecular complexity index is 768. The molecule has 1 aromatic heterocycles. The molecule has 1 aromatic carbocycles. The van der Waals surface area contributed by atoms with Crippen LogP contribution >= 0.6 is 24.0 Å². The molecule has 28 heavy (non-hydrogen) atoms. The minimum Gasteiger partial charge on any atom is -0.481 e. The fourth-order valence-corrected chi connectivity index (χ4v) is 3.05. The number of rotatable bonds is 9. The van der Waals surface area contributed by atoms with E-state index in [0.717, 1.165) is 37.1 Å². The Morgan fingerprint density at radius 3 is 2.79 bits per heavy atom. The number of hydrogen-bond donors (Lipinski definition) is 3. The quantitative estimate of drug-likeness (QED) is 0.549. The monoisotopic (exact) mass is 426 g/mol. The third kappa shape index (κ3) is 6.82. The topological polar surface area (TPSA) is 96.4 Å². The highest BCUT2D eigenvalue weighted by Crippen LogP contribution is 2.23. The second kappa shape index (κ2) is 11.0. The van der Waals surface area contributed by atoms with Crippen LogP contribution in [0.25, 0.3) is 0 Å². The molecule has 1 aliphatic heterocycles. The van der Waals surface area contributed by atoms with Crippen LogP contribution in [0.3, 0.4) is 0 Å². The number of ether oxygens (including phenoxy) is 1. The second-order valence-electron chi connectivity index (χ2n) is 6.48. The Morgan fingerprint density at radius 2 is 2.11 bits per heavy atom. The second-order valence-corrected chi connectivity index (χ2v) is 6.88. The molecule has 1 unspecified atom stereocenters. The van der Waals surface area contributed by atoms with Crippen molar-refractivity contribution in [2.24, 2.45) is 0 Å². The standard InChI is InChI=1S/C19H23ClN4O3.ClH/c20-16-12-22-19(24-18(16)21-11-15-4-2-10-27-15)23-14-8-6-13(7-9-14)3-1-5-17(25)26;/h6-9,12,15H,1-5,10-11H2,(H,25,26)(H2,21,22,23,24);1H. The Hall–Kier alpha value is -2.09. The van der Waals surface area contributed by atoms with Crippen molar-refractivity contribution < 1.29 is 14.6 Å². The van der Waals surface area contributed by atoms with Crippen LogP contribution < -0.4 is 10.6 Å². The molecule has 1 atom stereocenters. The number of benzene rings is 1. The predicted molar refractivity (Wildman–Crippen MR) is 112 cm³/mol. The Labute approximate surface area is 175 Å². The lowest BCUT2D eigenvalue weighted by molar-refractivity contribution is -0.137.